The summed E-state index contributed by atoms with van der Waals surface area (Å²) in [5.41, 5.74) is 2.65. The molecule has 190 valence electrons. The maximum atomic E-state index is 13.6. The summed E-state index contributed by atoms with van der Waals surface area (Å²) in [6, 6.07) is 21.4. The van der Waals surface area contributed by atoms with Crippen molar-refractivity contribution in [2.75, 3.05) is 6.54 Å². The Labute approximate surface area is 210 Å². The Balaban J connectivity index is 1.43. The fourth-order valence-corrected chi connectivity index (χ4v) is 5.52. The molecule has 5 rings (SSSR count). The lowest BCUT2D eigenvalue weighted by Gasteiger charge is -2.31. The molecular weight excluding hydrogens is 483 g/mol. The van der Waals surface area contributed by atoms with E-state index in [0.717, 1.165) is 16.6 Å². The standard InChI is InChI=1S/C28H24F3N3O3/c29-28(30,31)18-32-26(35)27(22-10-3-1-8-19(22)20-9-2-4-11-23(20)27)15-5-6-16-33-17-14-21-24(33)12-7-13-25(21)34(36)37/h1-4,7-14,17H,5-6,15-16,18H2,(H,32,35). The molecule has 1 amide bonds. The Morgan fingerprint density at radius 1 is 0.919 bits per heavy atom. The predicted octanol–water partition coefficient (Wildman–Crippen LogP) is 6.37. The second-order valence-electron chi connectivity index (χ2n) is 9.23. The zero-order valence-electron chi connectivity index (χ0n) is 19.8. The van der Waals surface area contributed by atoms with Gasteiger partial charge in [0.15, 0.2) is 0 Å². The van der Waals surface area contributed by atoms with E-state index in [1.165, 1.54) is 6.07 Å². The van der Waals surface area contributed by atoms with Crippen molar-refractivity contribution in [3.8, 4) is 11.1 Å². The van der Waals surface area contributed by atoms with E-state index in [1.54, 1.807) is 30.5 Å². The van der Waals surface area contributed by atoms with Gasteiger partial charge in [-0.15, -0.1) is 0 Å². The lowest BCUT2D eigenvalue weighted by atomic mass is 9.73. The maximum Gasteiger partial charge on any atom is 0.405 e. The minimum atomic E-state index is -4.52. The van der Waals surface area contributed by atoms with Crippen molar-refractivity contribution in [1.29, 1.82) is 0 Å². The van der Waals surface area contributed by atoms with E-state index in [2.05, 4.69) is 5.32 Å². The molecule has 1 aromatic heterocycles. The smallest absolute Gasteiger partial charge is 0.347 e. The van der Waals surface area contributed by atoms with Crippen LogP contribution in [0.4, 0.5) is 18.9 Å². The molecule has 0 aliphatic heterocycles. The second-order valence-corrected chi connectivity index (χ2v) is 9.23. The van der Waals surface area contributed by atoms with Gasteiger partial charge in [-0.3, -0.25) is 14.9 Å². The molecule has 0 bridgehead atoms. The van der Waals surface area contributed by atoms with Crippen LogP contribution < -0.4 is 5.32 Å². The quantitative estimate of drug-likeness (QED) is 0.171. The molecule has 1 aliphatic rings. The van der Waals surface area contributed by atoms with Crippen molar-refractivity contribution < 1.29 is 22.9 Å². The van der Waals surface area contributed by atoms with Crippen LogP contribution in [0.3, 0.4) is 0 Å². The molecular formula is C28H24F3N3O3. The molecule has 1 N–H and O–H groups in total. The number of halogens is 3. The van der Waals surface area contributed by atoms with E-state index < -0.39 is 29.0 Å². The van der Waals surface area contributed by atoms with Crippen molar-refractivity contribution in [2.24, 2.45) is 0 Å². The lowest BCUT2D eigenvalue weighted by molar-refractivity contribution is -0.383. The molecule has 1 aliphatic carbocycles. The number of fused-ring (bicyclic) bond motifs is 4. The largest absolute Gasteiger partial charge is 0.405 e. The van der Waals surface area contributed by atoms with Crippen LogP contribution in [-0.4, -0.2) is 28.1 Å². The number of benzene rings is 3. The fourth-order valence-electron chi connectivity index (χ4n) is 5.52. The van der Waals surface area contributed by atoms with Gasteiger partial charge >= 0.3 is 6.18 Å². The van der Waals surface area contributed by atoms with Crippen molar-refractivity contribution in [1.82, 2.24) is 9.88 Å². The van der Waals surface area contributed by atoms with Gasteiger partial charge in [-0.05, 0) is 53.6 Å². The third kappa shape index (κ3) is 4.34. The first-order chi connectivity index (χ1) is 17.7. The second kappa shape index (κ2) is 9.38. The zero-order valence-corrected chi connectivity index (χ0v) is 19.8. The van der Waals surface area contributed by atoms with E-state index in [4.69, 9.17) is 0 Å². The number of aryl methyl sites for hydroxylation is 1. The lowest BCUT2D eigenvalue weighted by Crippen LogP contribution is -2.47. The Morgan fingerprint density at radius 2 is 1.57 bits per heavy atom. The first kappa shape index (κ1) is 24.5. The number of carbonyl (C=O) groups is 1. The number of carbonyl (C=O) groups excluding carboxylic acids is 1. The number of nitro benzene ring substituents is 1. The number of rotatable bonds is 8. The Bertz CT molecular complexity index is 1450. The molecule has 0 spiro atoms. The number of hydrogen-bond acceptors (Lipinski definition) is 3. The molecule has 0 saturated heterocycles. The van der Waals surface area contributed by atoms with Gasteiger partial charge in [0.2, 0.25) is 5.91 Å². The van der Waals surface area contributed by atoms with Gasteiger partial charge in [0.05, 0.1) is 15.8 Å². The minimum absolute atomic E-state index is 0.0377. The van der Waals surface area contributed by atoms with Crippen molar-refractivity contribution in [3.05, 3.63) is 100 Å². The van der Waals surface area contributed by atoms with E-state index in [1.807, 2.05) is 47.0 Å². The average molecular weight is 508 g/mol. The number of unbranched alkanes of at least 4 members (excludes halogenated alkanes) is 1. The topological polar surface area (TPSA) is 77.2 Å². The van der Waals surface area contributed by atoms with E-state index in [-0.39, 0.29) is 5.69 Å². The monoisotopic (exact) mass is 507 g/mol. The first-order valence-corrected chi connectivity index (χ1v) is 12.0. The van der Waals surface area contributed by atoms with Gasteiger partial charge in [0.1, 0.15) is 12.0 Å². The van der Waals surface area contributed by atoms with E-state index in [9.17, 15) is 28.1 Å². The molecule has 6 nitrogen and oxygen atoms in total. The SMILES string of the molecule is O=C(NCC(F)(F)F)C1(CCCCn2ccc3c([N+](=O)[O-])cccc32)c2ccccc2-c2ccccc21. The van der Waals surface area contributed by atoms with Crippen LogP contribution in [0.5, 0.6) is 0 Å². The van der Waals surface area contributed by atoms with Crippen LogP contribution in [0.15, 0.2) is 79.0 Å². The summed E-state index contributed by atoms with van der Waals surface area (Å²) < 4.78 is 41.0. The van der Waals surface area contributed by atoms with Crippen LogP contribution in [0, 0.1) is 10.1 Å². The molecule has 3 aromatic carbocycles. The van der Waals surface area contributed by atoms with Crippen molar-refractivity contribution in [2.45, 2.75) is 37.4 Å². The van der Waals surface area contributed by atoms with Gasteiger partial charge in [-0.2, -0.15) is 13.2 Å². The van der Waals surface area contributed by atoms with Gasteiger partial charge in [0, 0.05) is 18.8 Å². The van der Waals surface area contributed by atoms with Gasteiger partial charge in [-0.25, -0.2) is 0 Å². The summed E-state index contributed by atoms with van der Waals surface area (Å²) in [4.78, 5) is 24.5. The Kier molecular flexibility index (Phi) is 6.23. The van der Waals surface area contributed by atoms with Crippen LogP contribution in [-0.2, 0) is 16.8 Å². The fraction of sp³-hybridized carbons (Fsp3) is 0.250. The number of nitrogens with zero attached hydrogens (tertiary/aromatic N) is 2. The molecule has 1 heterocycles. The third-order valence-corrected chi connectivity index (χ3v) is 7.09. The predicted molar refractivity (Wildman–Crippen MR) is 134 cm³/mol. The Hall–Kier alpha value is -4.14. The molecule has 0 radical (unpaired) electrons. The van der Waals surface area contributed by atoms with Gasteiger partial charge in [-0.1, -0.05) is 54.6 Å². The van der Waals surface area contributed by atoms with E-state index >= 15 is 0 Å². The van der Waals surface area contributed by atoms with Crippen molar-refractivity contribution >= 4 is 22.5 Å². The molecule has 0 fully saturated rings. The number of nitro groups is 1. The van der Waals surface area contributed by atoms with Gasteiger partial charge in [0.25, 0.3) is 5.69 Å². The molecule has 0 saturated carbocycles. The summed E-state index contributed by atoms with van der Waals surface area (Å²) in [6.07, 6.45) is -1.22. The first-order valence-electron chi connectivity index (χ1n) is 12.0. The molecule has 0 atom stereocenters. The van der Waals surface area contributed by atoms with Gasteiger partial charge < -0.3 is 9.88 Å². The maximum absolute atomic E-state index is 13.6. The normalized spacial score (nSPS) is 13.8. The summed E-state index contributed by atoms with van der Waals surface area (Å²) >= 11 is 0. The molecule has 4 aromatic rings. The highest BCUT2D eigenvalue weighted by Gasteiger charge is 2.49. The van der Waals surface area contributed by atoms with Crippen molar-refractivity contribution in [3.63, 3.8) is 0 Å². The highest BCUT2D eigenvalue weighted by atomic mass is 19.4. The number of alkyl halides is 3. The average Bonchev–Trinajstić information content (AvgIpc) is 3.42. The number of hydrogen-bond donors (Lipinski definition) is 1. The molecule has 9 heteroatoms. The summed E-state index contributed by atoms with van der Waals surface area (Å²) in [5, 5.41) is 14.0. The zero-order chi connectivity index (χ0) is 26.2. The number of aromatic nitrogens is 1. The summed E-state index contributed by atoms with van der Waals surface area (Å²) in [5.74, 6) is -0.663. The molecule has 37 heavy (non-hydrogen) atoms. The van der Waals surface area contributed by atoms with Crippen LogP contribution in [0.1, 0.15) is 30.4 Å². The molecule has 0 unspecified atom stereocenters. The van der Waals surface area contributed by atoms with E-state index in [0.29, 0.717) is 42.3 Å². The Morgan fingerprint density at radius 3 is 2.19 bits per heavy atom. The number of non-ortho nitro benzene ring substituents is 1. The summed E-state index contributed by atoms with van der Waals surface area (Å²) in [7, 11) is 0. The third-order valence-electron chi connectivity index (χ3n) is 7.09. The number of amides is 1. The van der Waals surface area contributed by atoms with Crippen LogP contribution in [0.25, 0.3) is 22.0 Å². The summed E-state index contributed by atoms with van der Waals surface area (Å²) in [6.45, 7) is -0.847. The van der Waals surface area contributed by atoms with Crippen LogP contribution in [0.2, 0.25) is 0 Å². The highest BCUT2D eigenvalue weighted by molar-refractivity contribution is 6.00. The van der Waals surface area contributed by atoms with Crippen LogP contribution >= 0.6 is 0 Å². The number of nitrogens with one attached hydrogen (secondary N) is 1. The highest BCUT2D eigenvalue weighted by Crippen LogP contribution is 2.51. The minimum Gasteiger partial charge on any atom is -0.347 e.